The summed E-state index contributed by atoms with van der Waals surface area (Å²) in [4.78, 5) is 4.14. The van der Waals surface area contributed by atoms with E-state index in [1.54, 1.807) is 30.5 Å². The molecule has 1 N–H and O–H groups in total. The Kier molecular flexibility index (Phi) is 4.25. The smallest absolute Gasteiger partial charge is 0.219 e. The first-order valence-electron chi connectivity index (χ1n) is 5.87. The molecule has 3 nitrogen and oxygen atoms in total. The van der Waals surface area contributed by atoms with E-state index in [1.165, 1.54) is 6.07 Å². The zero-order valence-electron chi connectivity index (χ0n) is 10.2. The van der Waals surface area contributed by atoms with Crippen molar-refractivity contribution in [3.05, 3.63) is 54.0 Å². The van der Waals surface area contributed by atoms with Crippen LogP contribution in [0.15, 0.2) is 42.6 Å². The van der Waals surface area contributed by atoms with Crippen LogP contribution in [0.4, 0.5) is 4.39 Å². The molecule has 1 heterocycles. The number of hydrogen-bond donors (Lipinski definition) is 1. The Balaban J connectivity index is 2.04. The molecule has 0 saturated carbocycles. The summed E-state index contributed by atoms with van der Waals surface area (Å²) in [6.45, 7) is 3.72. The molecule has 1 aromatic carbocycles. The van der Waals surface area contributed by atoms with Crippen molar-refractivity contribution in [1.29, 1.82) is 0 Å². The van der Waals surface area contributed by atoms with E-state index < -0.39 is 5.82 Å². The molecule has 18 heavy (non-hydrogen) atoms. The molecule has 0 saturated heterocycles. The molecule has 0 atom stereocenters. The molecule has 0 aliphatic rings. The van der Waals surface area contributed by atoms with Crippen molar-refractivity contribution in [3.63, 3.8) is 0 Å². The highest BCUT2D eigenvalue weighted by Crippen LogP contribution is 2.22. The number of para-hydroxylation sites is 1. The maximum atomic E-state index is 13.4. The molecular formula is C14H15FN2O. The van der Waals surface area contributed by atoms with E-state index in [4.69, 9.17) is 4.74 Å². The van der Waals surface area contributed by atoms with Crippen LogP contribution in [-0.2, 0) is 6.54 Å². The van der Waals surface area contributed by atoms with E-state index in [9.17, 15) is 4.39 Å². The standard InChI is InChI=1S/C14H15FN2O/c1-2-16-9-11-7-8-14(17-10-11)18-13-6-4-3-5-12(13)15/h3-8,10,16H,2,9H2,1H3. The fourth-order valence-electron chi connectivity index (χ4n) is 1.49. The lowest BCUT2D eigenvalue weighted by Gasteiger charge is -2.06. The van der Waals surface area contributed by atoms with Crippen LogP contribution in [0.1, 0.15) is 12.5 Å². The second kappa shape index (κ2) is 6.12. The molecule has 0 amide bonds. The van der Waals surface area contributed by atoms with Gasteiger partial charge < -0.3 is 10.1 Å². The van der Waals surface area contributed by atoms with Gasteiger partial charge in [0.25, 0.3) is 0 Å². The topological polar surface area (TPSA) is 34.1 Å². The average Bonchev–Trinajstić information content (AvgIpc) is 2.41. The molecule has 0 bridgehead atoms. The van der Waals surface area contributed by atoms with Gasteiger partial charge in [-0.15, -0.1) is 0 Å². The minimum absolute atomic E-state index is 0.185. The van der Waals surface area contributed by atoms with Crippen LogP contribution in [0, 0.1) is 5.82 Å². The number of pyridine rings is 1. The van der Waals surface area contributed by atoms with Crippen LogP contribution >= 0.6 is 0 Å². The minimum atomic E-state index is -0.393. The van der Waals surface area contributed by atoms with Crippen LogP contribution in [0.3, 0.4) is 0 Å². The van der Waals surface area contributed by atoms with E-state index in [0.717, 1.165) is 18.7 Å². The predicted molar refractivity (Wildman–Crippen MR) is 68.1 cm³/mol. The summed E-state index contributed by atoms with van der Waals surface area (Å²) in [5.74, 6) is 0.181. The van der Waals surface area contributed by atoms with Crippen molar-refractivity contribution in [3.8, 4) is 11.6 Å². The lowest BCUT2D eigenvalue weighted by Crippen LogP contribution is -2.11. The largest absolute Gasteiger partial charge is 0.436 e. The third kappa shape index (κ3) is 3.28. The highest BCUT2D eigenvalue weighted by molar-refractivity contribution is 5.29. The van der Waals surface area contributed by atoms with Crippen molar-refractivity contribution < 1.29 is 9.13 Å². The van der Waals surface area contributed by atoms with Crippen molar-refractivity contribution in [2.24, 2.45) is 0 Å². The van der Waals surface area contributed by atoms with Gasteiger partial charge in [0, 0.05) is 18.8 Å². The second-order valence-electron chi connectivity index (χ2n) is 3.82. The number of ether oxygens (including phenoxy) is 1. The van der Waals surface area contributed by atoms with E-state index in [-0.39, 0.29) is 5.75 Å². The molecule has 4 heteroatoms. The normalized spacial score (nSPS) is 10.3. The fraction of sp³-hybridized carbons (Fsp3) is 0.214. The quantitative estimate of drug-likeness (QED) is 0.880. The Hall–Kier alpha value is -1.94. The number of halogens is 1. The third-order valence-corrected chi connectivity index (χ3v) is 2.43. The average molecular weight is 246 g/mol. The molecule has 0 unspecified atom stereocenters. The van der Waals surface area contributed by atoms with Gasteiger partial charge in [-0.25, -0.2) is 9.37 Å². The van der Waals surface area contributed by atoms with Crippen molar-refractivity contribution in [1.82, 2.24) is 10.3 Å². The van der Waals surface area contributed by atoms with Gasteiger partial charge >= 0.3 is 0 Å². The summed E-state index contributed by atoms with van der Waals surface area (Å²) >= 11 is 0. The van der Waals surface area contributed by atoms with Crippen LogP contribution in [0.25, 0.3) is 0 Å². The van der Waals surface area contributed by atoms with Gasteiger partial charge in [-0.3, -0.25) is 0 Å². The maximum Gasteiger partial charge on any atom is 0.219 e. The van der Waals surface area contributed by atoms with Crippen LogP contribution in [-0.4, -0.2) is 11.5 Å². The highest BCUT2D eigenvalue weighted by Gasteiger charge is 2.04. The number of rotatable bonds is 5. The summed E-state index contributed by atoms with van der Waals surface area (Å²) in [5.41, 5.74) is 1.07. The molecule has 2 rings (SSSR count). The SMILES string of the molecule is CCNCc1ccc(Oc2ccccc2F)nc1. The number of nitrogens with zero attached hydrogens (tertiary/aromatic N) is 1. The highest BCUT2D eigenvalue weighted by atomic mass is 19.1. The summed E-state index contributed by atoms with van der Waals surface area (Å²) in [5, 5.41) is 3.20. The first kappa shape index (κ1) is 12.5. The second-order valence-corrected chi connectivity index (χ2v) is 3.82. The van der Waals surface area contributed by atoms with Gasteiger partial charge in [-0.1, -0.05) is 25.1 Å². The fourth-order valence-corrected chi connectivity index (χ4v) is 1.49. The van der Waals surface area contributed by atoms with Crippen LogP contribution in [0.5, 0.6) is 11.6 Å². The number of aromatic nitrogens is 1. The molecule has 1 aromatic heterocycles. The zero-order valence-corrected chi connectivity index (χ0v) is 10.2. The van der Waals surface area contributed by atoms with Crippen LogP contribution < -0.4 is 10.1 Å². The first-order valence-corrected chi connectivity index (χ1v) is 5.87. The molecule has 0 spiro atoms. The molecule has 2 aromatic rings. The molecule has 0 aliphatic carbocycles. The molecule has 94 valence electrons. The lowest BCUT2D eigenvalue weighted by atomic mass is 10.3. The first-order chi connectivity index (χ1) is 8.79. The Morgan fingerprint density at radius 1 is 1.22 bits per heavy atom. The van der Waals surface area contributed by atoms with Crippen molar-refractivity contribution in [2.45, 2.75) is 13.5 Å². The predicted octanol–water partition coefficient (Wildman–Crippen LogP) is 3.12. The van der Waals surface area contributed by atoms with Crippen molar-refractivity contribution in [2.75, 3.05) is 6.54 Å². The Labute approximate surface area is 106 Å². The van der Waals surface area contributed by atoms with Crippen molar-refractivity contribution >= 4 is 0 Å². The van der Waals surface area contributed by atoms with E-state index >= 15 is 0 Å². The molecular weight excluding hydrogens is 231 g/mol. The Morgan fingerprint density at radius 2 is 2.06 bits per heavy atom. The van der Waals surface area contributed by atoms with Gasteiger partial charge in [-0.2, -0.15) is 0 Å². The van der Waals surface area contributed by atoms with E-state index in [1.807, 2.05) is 13.0 Å². The third-order valence-electron chi connectivity index (χ3n) is 2.43. The molecule has 0 radical (unpaired) electrons. The summed E-state index contributed by atoms with van der Waals surface area (Å²) in [7, 11) is 0. The van der Waals surface area contributed by atoms with Gasteiger partial charge in [0.05, 0.1) is 0 Å². The van der Waals surface area contributed by atoms with E-state index in [0.29, 0.717) is 5.88 Å². The van der Waals surface area contributed by atoms with Gasteiger partial charge in [0.2, 0.25) is 5.88 Å². The summed E-state index contributed by atoms with van der Waals surface area (Å²) in [6, 6.07) is 9.91. The van der Waals surface area contributed by atoms with Gasteiger partial charge in [0.1, 0.15) is 0 Å². The lowest BCUT2D eigenvalue weighted by molar-refractivity contribution is 0.427. The molecule has 0 fully saturated rings. The number of hydrogen-bond acceptors (Lipinski definition) is 3. The Bertz CT molecular complexity index is 499. The van der Waals surface area contributed by atoms with E-state index in [2.05, 4.69) is 10.3 Å². The maximum absolute atomic E-state index is 13.4. The van der Waals surface area contributed by atoms with Gasteiger partial charge in [0.15, 0.2) is 11.6 Å². The van der Waals surface area contributed by atoms with Crippen LogP contribution in [0.2, 0.25) is 0 Å². The zero-order chi connectivity index (χ0) is 12.8. The number of benzene rings is 1. The minimum Gasteiger partial charge on any atom is -0.436 e. The Morgan fingerprint density at radius 3 is 2.72 bits per heavy atom. The molecule has 0 aliphatic heterocycles. The summed E-state index contributed by atoms with van der Waals surface area (Å²) in [6.07, 6.45) is 1.72. The monoisotopic (exact) mass is 246 g/mol. The van der Waals surface area contributed by atoms with Gasteiger partial charge in [-0.05, 0) is 24.2 Å². The number of nitrogens with one attached hydrogen (secondary N) is 1. The summed E-state index contributed by atoms with van der Waals surface area (Å²) < 4.78 is 18.7.